The maximum Gasteiger partial charge on any atom is 0.352 e. The first kappa shape index (κ1) is 10.0. The average molecular weight is 172 g/mol. The van der Waals surface area contributed by atoms with Crippen molar-refractivity contribution in [2.24, 2.45) is 0 Å². The van der Waals surface area contributed by atoms with Gasteiger partial charge in [0.25, 0.3) is 0 Å². The van der Waals surface area contributed by atoms with Gasteiger partial charge in [0.15, 0.2) is 0 Å². The van der Waals surface area contributed by atoms with Crippen LogP contribution in [0.4, 0.5) is 4.39 Å². The second-order valence-corrected chi connectivity index (χ2v) is 3.69. The van der Waals surface area contributed by atoms with E-state index >= 15 is 0 Å². The molecule has 10 heavy (non-hydrogen) atoms. The van der Waals surface area contributed by atoms with Crippen molar-refractivity contribution in [2.45, 2.75) is 13.0 Å². The standard InChI is InChI=1S/C4H10FO4P/c1-4(3-5)8-9-10(2,6)7/h4H,3H2,1-2H3,(H,6,7)/t4-/m1/s1. The molecule has 62 valence electrons. The van der Waals surface area contributed by atoms with Crippen molar-refractivity contribution in [1.29, 1.82) is 0 Å². The van der Waals surface area contributed by atoms with Gasteiger partial charge < -0.3 is 4.89 Å². The van der Waals surface area contributed by atoms with E-state index in [2.05, 4.69) is 9.56 Å². The van der Waals surface area contributed by atoms with Gasteiger partial charge in [0.2, 0.25) is 0 Å². The Morgan fingerprint density at radius 2 is 2.30 bits per heavy atom. The third-order valence-electron chi connectivity index (χ3n) is 0.563. The Labute approximate surface area is 58.4 Å². The molecule has 0 aromatic carbocycles. The first-order valence-electron chi connectivity index (χ1n) is 2.67. The van der Waals surface area contributed by atoms with Gasteiger partial charge in [-0.2, -0.15) is 0 Å². The summed E-state index contributed by atoms with van der Waals surface area (Å²) in [7, 11) is -3.62. The van der Waals surface area contributed by atoms with Gasteiger partial charge in [-0.3, -0.25) is 4.57 Å². The molecule has 0 bridgehead atoms. The Hall–Kier alpha value is 0.0400. The molecule has 0 saturated heterocycles. The lowest BCUT2D eigenvalue weighted by Gasteiger charge is -2.08. The molecule has 0 fully saturated rings. The molecule has 0 radical (unpaired) electrons. The molecule has 0 aliphatic carbocycles. The van der Waals surface area contributed by atoms with Gasteiger partial charge in [-0.05, 0) is 6.92 Å². The fourth-order valence-corrected chi connectivity index (χ4v) is 0.486. The van der Waals surface area contributed by atoms with Gasteiger partial charge in [-0.1, -0.05) is 0 Å². The van der Waals surface area contributed by atoms with E-state index in [1.54, 1.807) is 0 Å². The van der Waals surface area contributed by atoms with E-state index < -0.39 is 20.4 Å². The zero-order valence-electron chi connectivity index (χ0n) is 5.78. The van der Waals surface area contributed by atoms with E-state index in [1.807, 2.05) is 0 Å². The summed E-state index contributed by atoms with van der Waals surface area (Å²) in [5.74, 6) is 0. The second kappa shape index (κ2) is 4.03. The van der Waals surface area contributed by atoms with Crippen molar-refractivity contribution < 1.29 is 23.4 Å². The lowest BCUT2D eigenvalue weighted by molar-refractivity contribution is -0.247. The predicted molar refractivity (Wildman–Crippen MR) is 33.4 cm³/mol. The molecular formula is C4H10FO4P. The molecule has 0 saturated carbocycles. The topological polar surface area (TPSA) is 55.8 Å². The lowest BCUT2D eigenvalue weighted by atomic mass is 10.5. The van der Waals surface area contributed by atoms with Crippen molar-refractivity contribution in [3.8, 4) is 0 Å². The molecule has 0 aromatic rings. The molecule has 0 rings (SSSR count). The van der Waals surface area contributed by atoms with E-state index in [4.69, 9.17) is 4.89 Å². The van der Waals surface area contributed by atoms with Crippen LogP contribution < -0.4 is 0 Å². The molecule has 4 nitrogen and oxygen atoms in total. The van der Waals surface area contributed by atoms with Gasteiger partial charge in [-0.15, -0.1) is 4.67 Å². The predicted octanol–water partition coefficient (Wildman–Crippen LogP) is 1.11. The Morgan fingerprint density at radius 3 is 2.60 bits per heavy atom. The number of alkyl halides is 1. The highest BCUT2D eigenvalue weighted by atomic mass is 31.2. The zero-order chi connectivity index (χ0) is 8.20. The Bertz CT molecular complexity index is 133. The quantitative estimate of drug-likeness (QED) is 0.392. The van der Waals surface area contributed by atoms with Crippen LogP contribution in [0, 0.1) is 0 Å². The first-order chi connectivity index (χ1) is 4.45. The molecule has 1 N–H and O–H groups in total. The second-order valence-electron chi connectivity index (χ2n) is 1.94. The maximum atomic E-state index is 11.6. The smallest absolute Gasteiger partial charge is 0.323 e. The summed E-state index contributed by atoms with van der Waals surface area (Å²) in [6, 6.07) is 0. The summed E-state index contributed by atoms with van der Waals surface area (Å²) in [6.45, 7) is 1.59. The molecule has 2 atom stereocenters. The van der Waals surface area contributed by atoms with E-state index in [0.29, 0.717) is 0 Å². The summed E-state index contributed by atoms with van der Waals surface area (Å²) < 4.78 is 25.9. The molecule has 6 heteroatoms. The first-order valence-corrected chi connectivity index (χ1v) is 4.69. The normalized spacial score (nSPS) is 20.0. The van der Waals surface area contributed by atoms with Gasteiger partial charge in [0, 0.05) is 6.66 Å². The van der Waals surface area contributed by atoms with Crippen LogP contribution in [-0.4, -0.2) is 24.3 Å². The highest BCUT2D eigenvalue weighted by Crippen LogP contribution is 2.36. The van der Waals surface area contributed by atoms with Crippen LogP contribution in [0.15, 0.2) is 0 Å². The van der Waals surface area contributed by atoms with Crippen LogP contribution in [0.2, 0.25) is 0 Å². The molecule has 0 aromatic heterocycles. The Kier molecular flexibility index (Phi) is 4.05. The third-order valence-corrected chi connectivity index (χ3v) is 0.926. The van der Waals surface area contributed by atoms with Crippen molar-refractivity contribution in [2.75, 3.05) is 13.3 Å². The van der Waals surface area contributed by atoms with E-state index in [0.717, 1.165) is 6.66 Å². The van der Waals surface area contributed by atoms with E-state index in [9.17, 15) is 8.96 Å². The van der Waals surface area contributed by atoms with Crippen LogP contribution in [0.25, 0.3) is 0 Å². The minimum atomic E-state index is -3.62. The summed E-state index contributed by atoms with van der Waals surface area (Å²) in [5, 5.41) is 0. The van der Waals surface area contributed by atoms with E-state index in [-0.39, 0.29) is 0 Å². The minimum Gasteiger partial charge on any atom is -0.323 e. The summed E-state index contributed by atoms with van der Waals surface area (Å²) in [5.41, 5.74) is 0. The lowest BCUT2D eigenvalue weighted by Crippen LogP contribution is -2.09. The van der Waals surface area contributed by atoms with Crippen LogP contribution in [0.1, 0.15) is 6.92 Å². The van der Waals surface area contributed by atoms with Gasteiger partial charge in [-0.25, -0.2) is 9.28 Å². The number of halogens is 1. The molecule has 0 amide bonds. The SMILES string of the molecule is C[C@H](CF)OOP(C)(=O)O. The summed E-state index contributed by atoms with van der Waals surface area (Å²) >= 11 is 0. The van der Waals surface area contributed by atoms with Gasteiger partial charge in [0.05, 0.1) is 0 Å². The molecular weight excluding hydrogens is 162 g/mol. The molecule has 0 spiro atoms. The zero-order valence-corrected chi connectivity index (χ0v) is 6.68. The van der Waals surface area contributed by atoms with Crippen molar-refractivity contribution >= 4 is 7.60 Å². The maximum absolute atomic E-state index is 11.6. The highest BCUT2D eigenvalue weighted by Gasteiger charge is 2.13. The van der Waals surface area contributed by atoms with E-state index in [1.165, 1.54) is 6.92 Å². The third kappa shape index (κ3) is 6.16. The van der Waals surface area contributed by atoms with Crippen LogP contribution in [-0.2, 0) is 14.1 Å². The summed E-state index contributed by atoms with van der Waals surface area (Å²) in [6.07, 6.45) is -0.805. The van der Waals surface area contributed by atoms with Crippen LogP contribution >= 0.6 is 7.60 Å². The molecule has 1 unspecified atom stereocenters. The van der Waals surface area contributed by atoms with Crippen LogP contribution in [0.5, 0.6) is 0 Å². The van der Waals surface area contributed by atoms with Crippen molar-refractivity contribution in [3.63, 3.8) is 0 Å². The largest absolute Gasteiger partial charge is 0.352 e. The van der Waals surface area contributed by atoms with Crippen molar-refractivity contribution in [1.82, 2.24) is 0 Å². The fourth-order valence-electron chi connectivity index (χ4n) is 0.179. The summed E-state index contributed by atoms with van der Waals surface area (Å²) in [4.78, 5) is 12.6. The number of hydrogen-bond acceptors (Lipinski definition) is 3. The average Bonchev–Trinajstić information content (AvgIpc) is 1.81. The molecule has 0 heterocycles. The number of rotatable bonds is 4. The highest BCUT2D eigenvalue weighted by molar-refractivity contribution is 7.51. The Balaban J connectivity index is 3.46. The monoisotopic (exact) mass is 172 g/mol. The molecule has 0 aliphatic rings. The van der Waals surface area contributed by atoms with Crippen molar-refractivity contribution in [3.05, 3.63) is 0 Å². The van der Waals surface area contributed by atoms with Gasteiger partial charge in [0.1, 0.15) is 12.8 Å². The van der Waals surface area contributed by atoms with Gasteiger partial charge >= 0.3 is 7.60 Å². The fraction of sp³-hybridized carbons (Fsp3) is 1.00. The number of hydrogen-bond donors (Lipinski definition) is 1. The van der Waals surface area contributed by atoms with Crippen LogP contribution in [0.3, 0.4) is 0 Å². The Morgan fingerprint density at radius 1 is 1.80 bits per heavy atom. The molecule has 0 aliphatic heterocycles. The minimum absolute atomic E-state index is 0.750.